The summed E-state index contributed by atoms with van der Waals surface area (Å²) < 4.78 is 5.97. The molecule has 1 saturated carbocycles. The molecule has 0 aromatic heterocycles. The number of amides is 4. The average molecular weight is 418 g/mol. The quantitative estimate of drug-likeness (QED) is 0.578. The van der Waals surface area contributed by atoms with E-state index in [2.05, 4.69) is 5.32 Å². The molecule has 6 heteroatoms. The molecule has 1 aliphatic carbocycles. The molecule has 2 fully saturated rings. The number of para-hydroxylation sites is 1. The lowest BCUT2D eigenvalue weighted by atomic mass is 9.93. The van der Waals surface area contributed by atoms with E-state index in [1.807, 2.05) is 43.3 Å². The van der Waals surface area contributed by atoms with Gasteiger partial charge in [-0.25, -0.2) is 4.79 Å². The molecule has 4 rings (SSSR count). The van der Waals surface area contributed by atoms with Gasteiger partial charge in [0, 0.05) is 11.6 Å². The number of carbonyl (C=O) groups is 3. The Balaban J connectivity index is 1.57. The van der Waals surface area contributed by atoms with Crippen molar-refractivity contribution in [2.24, 2.45) is 0 Å². The molecule has 6 nitrogen and oxygen atoms in total. The number of carbonyl (C=O) groups excluding carboxylic acids is 3. The second-order valence-corrected chi connectivity index (χ2v) is 8.10. The molecule has 2 aromatic carbocycles. The number of aryl methyl sites for hydroxylation is 1. The summed E-state index contributed by atoms with van der Waals surface area (Å²) in [6, 6.07) is 14.5. The molecule has 1 aliphatic heterocycles. The summed E-state index contributed by atoms with van der Waals surface area (Å²) in [7, 11) is 0. The number of hydrogen-bond donors (Lipinski definition) is 1. The standard InChI is InChI=1S/C25H26N2O4/c1-17-11-13-18(14-12-17)16-31-22-10-6-5-7-19(22)15-21-23(28)26-25(30)27(24(21)29)20-8-3-2-4-9-20/h5-7,10-15,20H,2-4,8-9,16H2,1H3,(H,26,28,30)/b21-15+. The minimum atomic E-state index is -0.671. The smallest absolute Gasteiger partial charge is 0.331 e. The topological polar surface area (TPSA) is 75.7 Å². The molecular weight excluding hydrogens is 392 g/mol. The molecule has 0 atom stereocenters. The predicted octanol–water partition coefficient (Wildman–Crippen LogP) is 4.37. The van der Waals surface area contributed by atoms with Crippen molar-refractivity contribution >= 4 is 23.9 Å². The number of urea groups is 1. The van der Waals surface area contributed by atoms with Gasteiger partial charge in [-0.15, -0.1) is 0 Å². The van der Waals surface area contributed by atoms with Crippen LogP contribution in [0.1, 0.15) is 48.8 Å². The van der Waals surface area contributed by atoms with Crippen LogP contribution in [0.25, 0.3) is 6.08 Å². The Kier molecular flexibility index (Phi) is 6.16. The van der Waals surface area contributed by atoms with Gasteiger partial charge < -0.3 is 4.74 Å². The van der Waals surface area contributed by atoms with Crippen LogP contribution in [0.2, 0.25) is 0 Å². The van der Waals surface area contributed by atoms with Gasteiger partial charge in [-0.1, -0.05) is 67.3 Å². The fourth-order valence-corrected chi connectivity index (χ4v) is 4.07. The van der Waals surface area contributed by atoms with E-state index in [4.69, 9.17) is 4.74 Å². The fraction of sp³-hybridized carbons (Fsp3) is 0.320. The molecule has 160 valence electrons. The van der Waals surface area contributed by atoms with Crippen LogP contribution in [0.15, 0.2) is 54.1 Å². The molecule has 2 aromatic rings. The average Bonchev–Trinajstić information content (AvgIpc) is 2.77. The first-order chi connectivity index (χ1) is 15.0. The molecule has 0 bridgehead atoms. The monoisotopic (exact) mass is 418 g/mol. The summed E-state index contributed by atoms with van der Waals surface area (Å²) in [6.45, 7) is 2.40. The normalized spacial score (nSPS) is 18.9. The SMILES string of the molecule is Cc1ccc(COc2ccccc2/C=C2\C(=O)NC(=O)N(C3CCCCC3)C2=O)cc1. The third kappa shape index (κ3) is 4.68. The lowest BCUT2D eigenvalue weighted by Gasteiger charge is -2.35. The molecule has 1 saturated heterocycles. The Morgan fingerprint density at radius 2 is 1.71 bits per heavy atom. The Morgan fingerprint density at radius 3 is 2.45 bits per heavy atom. The summed E-state index contributed by atoms with van der Waals surface area (Å²) in [5.74, 6) is -0.637. The van der Waals surface area contributed by atoms with E-state index in [0.29, 0.717) is 17.9 Å². The van der Waals surface area contributed by atoms with Crippen LogP contribution in [-0.4, -0.2) is 28.8 Å². The minimum absolute atomic E-state index is 0.0449. The summed E-state index contributed by atoms with van der Waals surface area (Å²) in [5.41, 5.74) is 2.77. The zero-order valence-corrected chi connectivity index (χ0v) is 17.6. The summed E-state index contributed by atoms with van der Waals surface area (Å²) in [4.78, 5) is 39.2. The van der Waals surface area contributed by atoms with Gasteiger partial charge >= 0.3 is 6.03 Å². The van der Waals surface area contributed by atoms with Gasteiger partial charge in [0.05, 0.1) is 0 Å². The van der Waals surface area contributed by atoms with E-state index in [1.54, 1.807) is 12.1 Å². The Labute approximate surface area is 181 Å². The van der Waals surface area contributed by atoms with Crippen molar-refractivity contribution in [1.29, 1.82) is 0 Å². The molecule has 0 radical (unpaired) electrons. The van der Waals surface area contributed by atoms with Crippen LogP contribution in [0.3, 0.4) is 0 Å². The highest BCUT2D eigenvalue weighted by Crippen LogP contribution is 2.28. The van der Waals surface area contributed by atoms with Crippen LogP contribution in [-0.2, 0) is 16.2 Å². The second-order valence-electron chi connectivity index (χ2n) is 8.10. The maximum atomic E-state index is 13.1. The van der Waals surface area contributed by atoms with E-state index in [1.165, 1.54) is 16.5 Å². The lowest BCUT2D eigenvalue weighted by molar-refractivity contribution is -0.132. The predicted molar refractivity (Wildman–Crippen MR) is 117 cm³/mol. The summed E-state index contributed by atoms with van der Waals surface area (Å²) >= 11 is 0. The number of rotatable bonds is 5. The van der Waals surface area contributed by atoms with Crippen molar-refractivity contribution in [3.05, 3.63) is 70.8 Å². The van der Waals surface area contributed by atoms with E-state index >= 15 is 0 Å². The Morgan fingerprint density at radius 1 is 1.00 bits per heavy atom. The third-order valence-corrected chi connectivity index (χ3v) is 5.81. The molecule has 2 aliphatic rings. The van der Waals surface area contributed by atoms with Gasteiger partial charge in [0.15, 0.2) is 0 Å². The van der Waals surface area contributed by atoms with Crippen LogP contribution in [0.5, 0.6) is 5.75 Å². The second kappa shape index (κ2) is 9.16. The van der Waals surface area contributed by atoms with Crippen LogP contribution in [0.4, 0.5) is 4.79 Å². The summed E-state index contributed by atoms with van der Waals surface area (Å²) in [5, 5.41) is 2.33. The highest BCUT2D eigenvalue weighted by molar-refractivity contribution is 6.31. The third-order valence-electron chi connectivity index (χ3n) is 5.81. The zero-order valence-electron chi connectivity index (χ0n) is 17.6. The van der Waals surface area contributed by atoms with E-state index in [-0.39, 0.29) is 11.6 Å². The minimum Gasteiger partial charge on any atom is -0.488 e. The number of hydrogen-bond acceptors (Lipinski definition) is 4. The molecule has 1 heterocycles. The first-order valence-electron chi connectivity index (χ1n) is 10.7. The van der Waals surface area contributed by atoms with Gasteiger partial charge in [0.2, 0.25) is 0 Å². The molecular formula is C25H26N2O4. The van der Waals surface area contributed by atoms with Gasteiger partial charge in [0.25, 0.3) is 11.8 Å². The van der Waals surface area contributed by atoms with Crippen LogP contribution in [0, 0.1) is 6.92 Å². The van der Waals surface area contributed by atoms with Crippen molar-refractivity contribution < 1.29 is 19.1 Å². The largest absolute Gasteiger partial charge is 0.488 e. The van der Waals surface area contributed by atoms with Gasteiger partial charge in [-0.2, -0.15) is 0 Å². The Hall–Kier alpha value is -3.41. The first kappa shape index (κ1) is 20.8. The van der Waals surface area contributed by atoms with Crippen molar-refractivity contribution in [2.75, 3.05) is 0 Å². The number of nitrogens with zero attached hydrogens (tertiary/aromatic N) is 1. The van der Waals surface area contributed by atoms with Gasteiger partial charge in [-0.05, 0) is 37.5 Å². The summed E-state index contributed by atoms with van der Waals surface area (Å²) in [6.07, 6.45) is 6.13. The van der Waals surface area contributed by atoms with Crippen molar-refractivity contribution in [3.63, 3.8) is 0 Å². The molecule has 1 N–H and O–H groups in total. The number of ether oxygens (including phenoxy) is 1. The van der Waals surface area contributed by atoms with E-state index < -0.39 is 17.8 Å². The van der Waals surface area contributed by atoms with Gasteiger partial charge in [0.1, 0.15) is 17.9 Å². The molecule has 4 amide bonds. The Bertz CT molecular complexity index is 1020. The van der Waals surface area contributed by atoms with Gasteiger partial charge in [-0.3, -0.25) is 19.8 Å². The highest BCUT2D eigenvalue weighted by Gasteiger charge is 2.40. The van der Waals surface area contributed by atoms with Crippen molar-refractivity contribution in [1.82, 2.24) is 10.2 Å². The molecule has 31 heavy (non-hydrogen) atoms. The van der Waals surface area contributed by atoms with Crippen molar-refractivity contribution in [3.8, 4) is 5.75 Å². The van der Waals surface area contributed by atoms with Crippen LogP contribution >= 0.6 is 0 Å². The first-order valence-corrected chi connectivity index (χ1v) is 10.7. The van der Waals surface area contributed by atoms with Crippen molar-refractivity contribution in [2.45, 2.75) is 51.7 Å². The lowest BCUT2D eigenvalue weighted by Crippen LogP contribution is -2.58. The molecule has 0 unspecified atom stereocenters. The van der Waals surface area contributed by atoms with E-state index in [9.17, 15) is 14.4 Å². The number of imide groups is 2. The zero-order chi connectivity index (χ0) is 21.8. The highest BCUT2D eigenvalue weighted by atomic mass is 16.5. The number of benzene rings is 2. The maximum absolute atomic E-state index is 13.1. The maximum Gasteiger partial charge on any atom is 0.331 e. The van der Waals surface area contributed by atoms with Crippen LogP contribution < -0.4 is 10.1 Å². The number of nitrogens with one attached hydrogen (secondary N) is 1. The van der Waals surface area contributed by atoms with E-state index in [0.717, 1.165) is 37.7 Å². The molecule has 0 spiro atoms. The fourth-order valence-electron chi connectivity index (χ4n) is 4.07. The number of barbiturate groups is 1.